The van der Waals surface area contributed by atoms with Gasteiger partial charge < -0.3 is 4.74 Å². The summed E-state index contributed by atoms with van der Waals surface area (Å²) >= 11 is 1.49. The molecule has 1 amide bonds. The van der Waals surface area contributed by atoms with Crippen molar-refractivity contribution in [3.63, 3.8) is 0 Å². The second kappa shape index (κ2) is 8.24. The number of nitrogens with one attached hydrogen (secondary N) is 1. The second-order valence-corrected chi connectivity index (χ2v) is 7.59. The fraction of sp³-hybridized carbons (Fsp3) is 0.0870. The van der Waals surface area contributed by atoms with Gasteiger partial charge in [-0.15, -0.1) is 11.3 Å². The number of aryl methyl sites for hydroxylation is 1. The van der Waals surface area contributed by atoms with E-state index in [0.29, 0.717) is 11.4 Å². The molecule has 3 aromatic carbocycles. The van der Waals surface area contributed by atoms with E-state index < -0.39 is 0 Å². The maximum Gasteiger partial charge on any atom is 0.291 e. The van der Waals surface area contributed by atoms with E-state index in [0.717, 1.165) is 31.8 Å². The van der Waals surface area contributed by atoms with Gasteiger partial charge in [0.15, 0.2) is 0 Å². The molecule has 6 heteroatoms. The van der Waals surface area contributed by atoms with E-state index in [2.05, 4.69) is 15.5 Å². The molecule has 0 aliphatic carbocycles. The van der Waals surface area contributed by atoms with Crippen molar-refractivity contribution in [3.05, 3.63) is 82.9 Å². The minimum Gasteiger partial charge on any atom is -0.496 e. The average Bonchev–Trinajstić information content (AvgIpc) is 3.16. The first kappa shape index (κ1) is 18.8. The number of nitrogens with zero attached hydrogens (tertiary/aromatic N) is 2. The smallest absolute Gasteiger partial charge is 0.291 e. The van der Waals surface area contributed by atoms with Crippen LogP contribution in [-0.2, 0) is 0 Å². The molecule has 1 aromatic heterocycles. The van der Waals surface area contributed by atoms with E-state index in [4.69, 9.17) is 4.74 Å². The summed E-state index contributed by atoms with van der Waals surface area (Å²) in [5.74, 6) is 0.356. The van der Waals surface area contributed by atoms with Crippen molar-refractivity contribution in [2.45, 2.75) is 6.92 Å². The van der Waals surface area contributed by atoms with E-state index in [1.807, 2.05) is 73.7 Å². The Morgan fingerprint density at radius 2 is 1.83 bits per heavy atom. The molecule has 0 aliphatic rings. The molecule has 0 saturated carbocycles. The summed E-state index contributed by atoms with van der Waals surface area (Å²) in [7, 11) is 1.61. The third kappa shape index (κ3) is 3.88. The first-order valence-electron chi connectivity index (χ1n) is 9.09. The quantitative estimate of drug-likeness (QED) is 0.376. The van der Waals surface area contributed by atoms with Gasteiger partial charge in [0.2, 0.25) is 0 Å². The maximum absolute atomic E-state index is 12.6. The summed E-state index contributed by atoms with van der Waals surface area (Å²) in [6, 6.07) is 21.7. The topological polar surface area (TPSA) is 63.6 Å². The van der Waals surface area contributed by atoms with Crippen LogP contribution in [0.5, 0.6) is 5.75 Å². The number of carbonyl (C=O) groups excluding carboxylic acids is 1. The number of rotatable bonds is 5. The van der Waals surface area contributed by atoms with Crippen molar-refractivity contribution < 1.29 is 9.53 Å². The molecular formula is C23H19N3O2S. The maximum atomic E-state index is 12.6. The molecule has 4 aromatic rings. The van der Waals surface area contributed by atoms with Crippen LogP contribution in [0.1, 0.15) is 20.9 Å². The van der Waals surface area contributed by atoms with Crippen LogP contribution in [0, 0.1) is 6.92 Å². The number of ether oxygens (including phenoxy) is 1. The van der Waals surface area contributed by atoms with E-state index in [-0.39, 0.29) is 5.91 Å². The summed E-state index contributed by atoms with van der Waals surface area (Å²) in [5.41, 5.74) is 4.77. The van der Waals surface area contributed by atoms with Crippen molar-refractivity contribution in [2.75, 3.05) is 7.11 Å². The summed E-state index contributed by atoms with van der Waals surface area (Å²) in [4.78, 5) is 18.0. The third-order valence-electron chi connectivity index (χ3n) is 4.54. The molecule has 0 atom stereocenters. The Bertz CT molecular complexity index is 1200. The lowest BCUT2D eigenvalue weighted by atomic mass is 10.0. The largest absolute Gasteiger partial charge is 0.496 e. The predicted octanol–water partition coefficient (Wildman–Crippen LogP) is 5.04. The molecule has 0 bridgehead atoms. The Hall–Kier alpha value is -3.51. The number of thiazole rings is 1. The molecule has 144 valence electrons. The fourth-order valence-electron chi connectivity index (χ4n) is 3.11. The van der Waals surface area contributed by atoms with Gasteiger partial charge in [0.1, 0.15) is 16.5 Å². The molecule has 1 heterocycles. The Labute approximate surface area is 172 Å². The summed E-state index contributed by atoms with van der Waals surface area (Å²) in [6.45, 7) is 1.89. The molecule has 0 fully saturated rings. The zero-order valence-corrected chi connectivity index (χ0v) is 16.9. The molecule has 0 spiro atoms. The van der Waals surface area contributed by atoms with Crippen LogP contribution in [0.25, 0.3) is 21.3 Å². The van der Waals surface area contributed by atoms with E-state index >= 15 is 0 Å². The van der Waals surface area contributed by atoms with Gasteiger partial charge in [0.25, 0.3) is 5.91 Å². The van der Waals surface area contributed by atoms with Crippen LogP contribution >= 0.6 is 11.3 Å². The summed E-state index contributed by atoms with van der Waals surface area (Å²) < 4.78 is 5.45. The van der Waals surface area contributed by atoms with Crippen molar-refractivity contribution >= 4 is 34.2 Å². The molecule has 4 rings (SSSR count). The standard InChI is InChI=1S/C23H19N3O2S/c1-15-21(25-23(29-15)17-9-4-3-5-10-17)22(27)26-24-14-19-18-11-7-6-8-16(18)12-13-20(19)28-2/h3-14H,1-2H3,(H,26,27)/b24-14-. The van der Waals surface area contributed by atoms with Crippen LogP contribution in [0.3, 0.4) is 0 Å². The van der Waals surface area contributed by atoms with Gasteiger partial charge in [-0.2, -0.15) is 5.10 Å². The highest BCUT2D eigenvalue weighted by Gasteiger charge is 2.16. The van der Waals surface area contributed by atoms with E-state index in [1.54, 1.807) is 13.3 Å². The van der Waals surface area contributed by atoms with Crippen molar-refractivity contribution in [1.82, 2.24) is 10.4 Å². The average molecular weight is 401 g/mol. The molecule has 0 unspecified atom stereocenters. The monoisotopic (exact) mass is 401 g/mol. The minimum absolute atomic E-state index is 0.337. The Morgan fingerprint density at radius 1 is 1.07 bits per heavy atom. The van der Waals surface area contributed by atoms with Gasteiger partial charge in [0.05, 0.1) is 13.3 Å². The van der Waals surface area contributed by atoms with Crippen LogP contribution in [0.2, 0.25) is 0 Å². The highest BCUT2D eigenvalue weighted by Crippen LogP contribution is 2.28. The number of hydrazone groups is 1. The number of hydrogen-bond acceptors (Lipinski definition) is 5. The molecule has 5 nitrogen and oxygen atoms in total. The predicted molar refractivity (Wildman–Crippen MR) is 118 cm³/mol. The first-order valence-corrected chi connectivity index (χ1v) is 9.91. The van der Waals surface area contributed by atoms with Gasteiger partial charge >= 0.3 is 0 Å². The lowest BCUT2D eigenvalue weighted by Gasteiger charge is -2.08. The van der Waals surface area contributed by atoms with Crippen LogP contribution in [0.15, 0.2) is 71.8 Å². The number of methoxy groups -OCH3 is 1. The number of aromatic nitrogens is 1. The van der Waals surface area contributed by atoms with Gasteiger partial charge in [-0.3, -0.25) is 4.79 Å². The number of hydrogen-bond donors (Lipinski definition) is 1. The molecule has 0 saturated heterocycles. The number of benzene rings is 3. The van der Waals surface area contributed by atoms with E-state index in [9.17, 15) is 4.79 Å². The van der Waals surface area contributed by atoms with Crippen LogP contribution < -0.4 is 10.2 Å². The SMILES string of the molecule is COc1ccc2ccccc2c1/C=N\NC(=O)c1nc(-c2ccccc2)sc1C. The molecule has 29 heavy (non-hydrogen) atoms. The number of amides is 1. The van der Waals surface area contributed by atoms with Crippen molar-refractivity contribution in [3.8, 4) is 16.3 Å². The fourth-order valence-corrected chi connectivity index (χ4v) is 4.02. The van der Waals surface area contributed by atoms with Crippen molar-refractivity contribution in [1.29, 1.82) is 0 Å². The first-order chi connectivity index (χ1) is 14.2. The van der Waals surface area contributed by atoms with Crippen molar-refractivity contribution in [2.24, 2.45) is 5.10 Å². The third-order valence-corrected chi connectivity index (χ3v) is 5.56. The zero-order valence-electron chi connectivity index (χ0n) is 16.0. The molecular weight excluding hydrogens is 382 g/mol. The second-order valence-electron chi connectivity index (χ2n) is 6.39. The highest BCUT2D eigenvalue weighted by molar-refractivity contribution is 7.15. The molecule has 0 aliphatic heterocycles. The van der Waals surface area contributed by atoms with Crippen LogP contribution in [0.4, 0.5) is 0 Å². The molecule has 0 radical (unpaired) electrons. The molecule has 1 N–H and O–H groups in total. The lowest BCUT2D eigenvalue weighted by Crippen LogP contribution is -2.19. The summed E-state index contributed by atoms with van der Waals surface area (Å²) in [5, 5.41) is 7.05. The number of carbonyl (C=O) groups is 1. The van der Waals surface area contributed by atoms with E-state index in [1.165, 1.54) is 11.3 Å². The Balaban J connectivity index is 1.57. The van der Waals surface area contributed by atoms with Gasteiger partial charge in [0, 0.05) is 16.0 Å². The normalized spacial score (nSPS) is 11.1. The summed E-state index contributed by atoms with van der Waals surface area (Å²) in [6.07, 6.45) is 1.61. The van der Waals surface area contributed by atoms with Crippen LogP contribution in [-0.4, -0.2) is 24.2 Å². The zero-order chi connectivity index (χ0) is 20.2. The van der Waals surface area contributed by atoms with Gasteiger partial charge in [-0.05, 0) is 23.8 Å². The lowest BCUT2D eigenvalue weighted by molar-refractivity contribution is 0.0950. The van der Waals surface area contributed by atoms with Gasteiger partial charge in [-0.25, -0.2) is 10.4 Å². The highest BCUT2D eigenvalue weighted by atomic mass is 32.1. The Kier molecular flexibility index (Phi) is 5.35. The Morgan fingerprint density at radius 3 is 2.62 bits per heavy atom. The minimum atomic E-state index is -0.337. The van der Waals surface area contributed by atoms with Gasteiger partial charge in [-0.1, -0.05) is 60.7 Å². The number of fused-ring (bicyclic) bond motifs is 1.